The van der Waals surface area contributed by atoms with Gasteiger partial charge in [-0.05, 0) is 18.6 Å². The maximum Gasteiger partial charge on any atom is 0.247 e. The highest BCUT2D eigenvalue weighted by Gasteiger charge is 2.34. The Kier molecular flexibility index (Phi) is 5.71. The molecule has 0 saturated heterocycles. The average Bonchev–Trinajstić information content (AvgIpc) is 2.89. The van der Waals surface area contributed by atoms with Crippen molar-refractivity contribution in [3.8, 4) is 17.1 Å². The lowest BCUT2D eigenvalue weighted by atomic mass is 10.1. The standard InChI is InChI=1S/C21H21N5O2S/c1-3-4-12-29-21-23-19-18(24-25-21)16-9-5-6-10-17(16)26(14(2)27)20(28-19)15-8-7-11-22-13-15/h5-11,13,20H,3-4,12H2,1-2H3. The quantitative estimate of drug-likeness (QED) is 0.461. The Hall–Kier alpha value is -3.00. The first-order chi connectivity index (χ1) is 14.2. The minimum Gasteiger partial charge on any atom is -0.447 e. The van der Waals surface area contributed by atoms with Crippen molar-refractivity contribution in [2.75, 3.05) is 10.7 Å². The van der Waals surface area contributed by atoms with Crippen LogP contribution in [0.2, 0.25) is 0 Å². The third kappa shape index (κ3) is 3.93. The van der Waals surface area contributed by atoms with E-state index < -0.39 is 6.23 Å². The minimum atomic E-state index is -0.700. The van der Waals surface area contributed by atoms with Gasteiger partial charge in [0.1, 0.15) is 0 Å². The number of thioether (sulfide) groups is 1. The number of hydrogen-bond donors (Lipinski definition) is 0. The van der Waals surface area contributed by atoms with Gasteiger partial charge in [-0.1, -0.05) is 49.4 Å². The van der Waals surface area contributed by atoms with E-state index in [1.54, 1.807) is 29.1 Å². The molecule has 0 aliphatic carbocycles. The van der Waals surface area contributed by atoms with E-state index in [9.17, 15) is 4.79 Å². The number of amides is 1. The topological polar surface area (TPSA) is 81.1 Å². The van der Waals surface area contributed by atoms with Gasteiger partial charge in [-0.3, -0.25) is 14.7 Å². The van der Waals surface area contributed by atoms with Crippen LogP contribution in [-0.2, 0) is 4.79 Å². The normalized spacial score (nSPS) is 15.1. The Labute approximate surface area is 173 Å². The van der Waals surface area contributed by atoms with Crippen LogP contribution >= 0.6 is 11.8 Å². The molecule has 1 amide bonds. The molecule has 1 atom stereocenters. The number of fused-ring (bicyclic) bond motifs is 3. The van der Waals surface area contributed by atoms with E-state index in [0.717, 1.165) is 29.7 Å². The molecule has 0 fully saturated rings. The van der Waals surface area contributed by atoms with E-state index in [2.05, 4.69) is 27.1 Å². The van der Waals surface area contributed by atoms with Crippen LogP contribution in [0.15, 0.2) is 53.9 Å². The number of carbonyl (C=O) groups is 1. The van der Waals surface area contributed by atoms with Gasteiger partial charge in [-0.15, -0.1) is 10.2 Å². The van der Waals surface area contributed by atoms with Gasteiger partial charge >= 0.3 is 0 Å². The highest BCUT2D eigenvalue weighted by molar-refractivity contribution is 7.99. The number of hydrogen-bond acceptors (Lipinski definition) is 7. The maximum absolute atomic E-state index is 12.7. The van der Waals surface area contributed by atoms with Gasteiger partial charge in [0.2, 0.25) is 23.2 Å². The van der Waals surface area contributed by atoms with Crippen LogP contribution in [0, 0.1) is 0 Å². The fourth-order valence-corrected chi connectivity index (χ4v) is 4.02. The van der Waals surface area contributed by atoms with Crippen LogP contribution in [-0.4, -0.2) is 31.8 Å². The number of rotatable bonds is 5. The lowest BCUT2D eigenvalue weighted by molar-refractivity contribution is -0.118. The van der Waals surface area contributed by atoms with Crippen LogP contribution in [0.25, 0.3) is 11.3 Å². The van der Waals surface area contributed by atoms with E-state index in [1.165, 1.54) is 6.92 Å². The van der Waals surface area contributed by atoms with E-state index >= 15 is 0 Å². The number of nitrogens with zero attached hydrogens (tertiary/aromatic N) is 5. The molecule has 8 heteroatoms. The molecular formula is C21H21N5O2S. The fraction of sp³-hybridized carbons (Fsp3) is 0.286. The molecule has 1 aromatic carbocycles. The molecule has 4 rings (SSSR count). The molecule has 7 nitrogen and oxygen atoms in total. The summed E-state index contributed by atoms with van der Waals surface area (Å²) in [6.45, 7) is 3.66. The van der Waals surface area contributed by atoms with Crippen LogP contribution in [0.4, 0.5) is 5.69 Å². The third-order valence-corrected chi connectivity index (χ3v) is 5.47. The van der Waals surface area contributed by atoms with Crippen molar-refractivity contribution < 1.29 is 9.53 Å². The molecule has 2 aromatic heterocycles. The number of benzene rings is 1. The van der Waals surface area contributed by atoms with Crippen LogP contribution in [0.3, 0.4) is 0 Å². The first-order valence-electron chi connectivity index (χ1n) is 9.52. The zero-order chi connectivity index (χ0) is 20.2. The van der Waals surface area contributed by atoms with Gasteiger partial charge in [0.05, 0.1) is 5.69 Å². The monoisotopic (exact) mass is 407 g/mol. The summed E-state index contributed by atoms with van der Waals surface area (Å²) in [4.78, 5) is 23.1. The minimum absolute atomic E-state index is 0.149. The lowest BCUT2D eigenvalue weighted by Crippen LogP contribution is -2.36. The zero-order valence-electron chi connectivity index (χ0n) is 16.3. The molecule has 0 spiro atoms. The maximum atomic E-state index is 12.7. The summed E-state index contributed by atoms with van der Waals surface area (Å²) in [6.07, 6.45) is 4.86. The number of para-hydroxylation sites is 1. The SMILES string of the molecule is CCCCSc1nnc2c(n1)OC(c1cccnc1)N(C(C)=O)c1ccccc1-2. The van der Waals surface area contributed by atoms with Crippen molar-refractivity contribution in [1.82, 2.24) is 20.2 Å². The smallest absolute Gasteiger partial charge is 0.247 e. The molecule has 0 bridgehead atoms. The van der Waals surface area contributed by atoms with Crippen molar-refractivity contribution in [2.45, 2.75) is 38.1 Å². The van der Waals surface area contributed by atoms with Crippen molar-refractivity contribution in [2.24, 2.45) is 0 Å². The third-order valence-electron chi connectivity index (χ3n) is 4.55. The second-order valence-corrected chi connectivity index (χ2v) is 7.67. The first-order valence-corrected chi connectivity index (χ1v) is 10.5. The summed E-state index contributed by atoms with van der Waals surface area (Å²) in [5.74, 6) is 1.13. The molecule has 0 saturated carbocycles. The summed E-state index contributed by atoms with van der Waals surface area (Å²) in [5, 5.41) is 9.25. The van der Waals surface area contributed by atoms with Crippen molar-refractivity contribution in [1.29, 1.82) is 0 Å². The molecule has 1 aliphatic rings. The molecule has 1 unspecified atom stereocenters. The predicted octanol–water partition coefficient (Wildman–Crippen LogP) is 4.27. The number of anilines is 1. The van der Waals surface area contributed by atoms with E-state index in [4.69, 9.17) is 4.74 Å². The second-order valence-electron chi connectivity index (χ2n) is 6.61. The van der Waals surface area contributed by atoms with Gasteiger partial charge in [0.25, 0.3) is 0 Å². The number of carbonyl (C=O) groups excluding carboxylic acids is 1. The zero-order valence-corrected chi connectivity index (χ0v) is 17.1. The molecule has 148 valence electrons. The molecule has 29 heavy (non-hydrogen) atoms. The first kappa shape index (κ1) is 19.3. The Morgan fingerprint density at radius 1 is 1.21 bits per heavy atom. The molecule has 3 heterocycles. The van der Waals surface area contributed by atoms with Gasteiger partial charge in [-0.25, -0.2) is 0 Å². The number of unbranched alkanes of at least 4 members (excludes halogenated alkanes) is 1. The van der Waals surface area contributed by atoms with Crippen molar-refractivity contribution >= 4 is 23.4 Å². The van der Waals surface area contributed by atoms with Gasteiger partial charge in [0.15, 0.2) is 5.69 Å². The summed E-state index contributed by atoms with van der Waals surface area (Å²) in [7, 11) is 0. The Balaban J connectivity index is 1.85. The Morgan fingerprint density at radius 3 is 2.83 bits per heavy atom. The molecule has 0 radical (unpaired) electrons. The van der Waals surface area contributed by atoms with Crippen LogP contribution in [0.5, 0.6) is 5.88 Å². The highest BCUT2D eigenvalue weighted by Crippen LogP contribution is 2.43. The molecular weight excluding hydrogens is 386 g/mol. The lowest BCUT2D eigenvalue weighted by Gasteiger charge is -2.29. The van der Waals surface area contributed by atoms with Gasteiger partial charge in [-0.2, -0.15) is 4.98 Å². The summed E-state index contributed by atoms with van der Waals surface area (Å²) >= 11 is 1.55. The predicted molar refractivity (Wildman–Crippen MR) is 112 cm³/mol. The molecule has 3 aromatic rings. The van der Waals surface area contributed by atoms with Crippen LogP contribution < -0.4 is 9.64 Å². The van der Waals surface area contributed by atoms with E-state index in [-0.39, 0.29) is 5.91 Å². The summed E-state index contributed by atoms with van der Waals surface area (Å²) in [6, 6.07) is 11.3. The average molecular weight is 407 g/mol. The summed E-state index contributed by atoms with van der Waals surface area (Å²) in [5.41, 5.74) is 2.74. The van der Waals surface area contributed by atoms with Crippen molar-refractivity contribution in [3.63, 3.8) is 0 Å². The van der Waals surface area contributed by atoms with Gasteiger partial charge in [0, 0.05) is 36.2 Å². The fourth-order valence-electron chi connectivity index (χ4n) is 3.16. The summed E-state index contributed by atoms with van der Waals surface area (Å²) < 4.78 is 6.28. The van der Waals surface area contributed by atoms with E-state index in [1.807, 2.05) is 36.4 Å². The van der Waals surface area contributed by atoms with Crippen molar-refractivity contribution in [3.05, 3.63) is 54.4 Å². The molecule has 0 N–H and O–H groups in total. The number of pyridine rings is 1. The number of ether oxygens (including phenoxy) is 1. The number of aromatic nitrogens is 4. The Morgan fingerprint density at radius 2 is 2.07 bits per heavy atom. The van der Waals surface area contributed by atoms with Crippen LogP contribution in [0.1, 0.15) is 38.5 Å². The molecule has 1 aliphatic heterocycles. The Bertz CT molecular complexity index is 1010. The largest absolute Gasteiger partial charge is 0.447 e. The highest BCUT2D eigenvalue weighted by atomic mass is 32.2. The van der Waals surface area contributed by atoms with E-state index in [0.29, 0.717) is 22.4 Å². The van der Waals surface area contributed by atoms with Gasteiger partial charge < -0.3 is 4.74 Å². The second kappa shape index (κ2) is 8.57.